The molecule has 3 N–H and O–H groups in total. The maximum atomic E-state index is 13.3. The van der Waals surface area contributed by atoms with Crippen LogP contribution in [0.25, 0.3) is 11.1 Å². The molecular weight excluding hydrogens is 614 g/mol. The zero-order chi connectivity index (χ0) is 33.8. The number of carbonyl (C=O) groups excluding carboxylic acids is 3. The number of nitrogens with zero attached hydrogens (tertiary/aromatic N) is 2. The number of hydrogen-bond acceptors (Lipinski definition) is 8. The molecule has 48 heavy (non-hydrogen) atoms. The van der Waals surface area contributed by atoms with Crippen LogP contribution in [0.5, 0.6) is 11.5 Å². The summed E-state index contributed by atoms with van der Waals surface area (Å²) in [5.74, 6) is 0.115. The van der Waals surface area contributed by atoms with E-state index in [4.69, 9.17) is 14.2 Å². The summed E-state index contributed by atoms with van der Waals surface area (Å²) in [5.41, 5.74) is 4.44. The van der Waals surface area contributed by atoms with Crippen molar-refractivity contribution >= 4 is 40.5 Å². The summed E-state index contributed by atoms with van der Waals surface area (Å²) in [7, 11) is 1.65. The molecule has 6 rings (SSSR count). The molecule has 2 aliphatic rings. The number of rotatable bonds is 8. The summed E-state index contributed by atoms with van der Waals surface area (Å²) in [4.78, 5) is 53.7. The number of anilines is 4. The van der Waals surface area contributed by atoms with Gasteiger partial charge in [-0.05, 0) is 72.7 Å². The third-order valence-electron chi connectivity index (χ3n) is 8.15. The van der Waals surface area contributed by atoms with Crippen molar-refractivity contribution in [2.45, 2.75) is 6.92 Å². The summed E-state index contributed by atoms with van der Waals surface area (Å²) >= 11 is 0. The van der Waals surface area contributed by atoms with E-state index in [9.17, 15) is 19.2 Å². The average Bonchev–Trinajstić information content (AvgIpc) is 3.11. The largest absolute Gasteiger partial charge is 0.486 e. The summed E-state index contributed by atoms with van der Waals surface area (Å²) in [6, 6.07) is 17.3. The molecule has 1 fully saturated rings. The first-order chi connectivity index (χ1) is 23.2. The number of aryl methyl sites for hydroxylation is 1. The minimum absolute atomic E-state index is 0.237. The predicted octanol–water partition coefficient (Wildman–Crippen LogP) is 4.72. The Morgan fingerprint density at radius 1 is 0.854 bits per heavy atom. The lowest BCUT2D eigenvalue weighted by atomic mass is 9.99. The third-order valence-corrected chi connectivity index (χ3v) is 8.15. The Morgan fingerprint density at radius 2 is 1.62 bits per heavy atom. The Labute approximate surface area is 276 Å². The van der Waals surface area contributed by atoms with Gasteiger partial charge in [-0.3, -0.25) is 19.2 Å². The van der Waals surface area contributed by atoms with Gasteiger partial charge in [-0.25, -0.2) is 0 Å². The standard InChI is InChI=1S/C36H35N5O7/c1-4-33(42)38-29-20-25(9-10-27(29)35(44)41-12-14-46-15-13-41)37-30-18-24(21-40(3)36(30)45)26-6-5-7-28(22(26)2)39-34(43)23-8-11-31-32(19-23)48-17-16-47-31/h4-11,18-21,37H,1,12-17H2,2-3H3,(H,38,42)(H,39,43). The van der Waals surface area contributed by atoms with Gasteiger partial charge in [-0.15, -0.1) is 0 Å². The first-order valence-corrected chi connectivity index (χ1v) is 15.4. The molecule has 12 nitrogen and oxygen atoms in total. The van der Waals surface area contributed by atoms with E-state index >= 15 is 0 Å². The van der Waals surface area contributed by atoms with E-state index in [0.29, 0.717) is 73.5 Å². The molecule has 0 unspecified atom stereocenters. The van der Waals surface area contributed by atoms with Crippen LogP contribution >= 0.6 is 0 Å². The number of benzene rings is 3. The number of aromatic nitrogens is 1. The first-order valence-electron chi connectivity index (χ1n) is 15.4. The number of morpholine rings is 1. The van der Waals surface area contributed by atoms with Crippen LogP contribution in [-0.2, 0) is 16.6 Å². The van der Waals surface area contributed by atoms with Crippen LogP contribution in [0.15, 0.2) is 84.3 Å². The molecule has 0 spiro atoms. The van der Waals surface area contributed by atoms with Crippen LogP contribution in [0.4, 0.5) is 22.7 Å². The summed E-state index contributed by atoms with van der Waals surface area (Å²) in [5, 5.41) is 8.87. The van der Waals surface area contributed by atoms with Crippen LogP contribution < -0.4 is 31.0 Å². The summed E-state index contributed by atoms with van der Waals surface area (Å²) in [6.45, 7) is 8.06. The van der Waals surface area contributed by atoms with E-state index in [0.717, 1.165) is 22.8 Å². The number of carbonyl (C=O) groups is 3. The van der Waals surface area contributed by atoms with Gasteiger partial charge in [-0.2, -0.15) is 0 Å². The maximum absolute atomic E-state index is 13.3. The quantitative estimate of drug-likeness (QED) is 0.233. The molecule has 2 aliphatic heterocycles. The molecule has 1 aromatic heterocycles. The van der Waals surface area contributed by atoms with E-state index in [1.165, 1.54) is 4.57 Å². The predicted molar refractivity (Wildman–Crippen MR) is 183 cm³/mol. The summed E-state index contributed by atoms with van der Waals surface area (Å²) < 4.78 is 18.0. The first kappa shape index (κ1) is 32.1. The fourth-order valence-corrected chi connectivity index (χ4v) is 5.60. The molecule has 246 valence electrons. The van der Waals surface area contributed by atoms with Crippen molar-refractivity contribution in [3.8, 4) is 22.6 Å². The van der Waals surface area contributed by atoms with Gasteiger partial charge in [0.25, 0.3) is 17.4 Å². The summed E-state index contributed by atoms with van der Waals surface area (Å²) in [6.07, 6.45) is 2.85. The molecule has 3 aromatic carbocycles. The molecule has 1 saturated heterocycles. The van der Waals surface area contributed by atoms with Gasteiger partial charge < -0.3 is 39.6 Å². The molecular formula is C36H35N5O7. The fraction of sp³-hybridized carbons (Fsp3) is 0.222. The second kappa shape index (κ2) is 13.9. The van der Waals surface area contributed by atoms with E-state index in [1.807, 2.05) is 25.1 Å². The van der Waals surface area contributed by atoms with Crippen LogP contribution in [0, 0.1) is 6.92 Å². The van der Waals surface area contributed by atoms with Crippen LogP contribution in [0.3, 0.4) is 0 Å². The van der Waals surface area contributed by atoms with Crippen molar-refractivity contribution in [1.29, 1.82) is 0 Å². The Hall–Kier alpha value is -5.88. The molecule has 0 saturated carbocycles. The lowest BCUT2D eigenvalue weighted by molar-refractivity contribution is -0.111. The minimum Gasteiger partial charge on any atom is -0.486 e. The van der Waals surface area contributed by atoms with Crippen LogP contribution in [0.2, 0.25) is 0 Å². The molecule has 0 aliphatic carbocycles. The average molecular weight is 650 g/mol. The van der Waals surface area contributed by atoms with Gasteiger partial charge in [0.2, 0.25) is 5.91 Å². The SMILES string of the molecule is C=CC(=O)Nc1cc(Nc2cc(-c3cccc(NC(=O)c4ccc5c(c4)OCCO5)c3C)cn(C)c2=O)ccc1C(=O)N1CCOCC1. The number of fused-ring (bicyclic) bond motifs is 1. The van der Waals surface area contributed by atoms with Crippen molar-refractivity contribution in [3.63, 3.8) is 0 Å². The van der Waals surface area contributed by atoms with Crippen LogP contribution in [0.1, 0.15) is 26.3 Å². The van der Waals surface area contributed by atoms with Crippen molar-refractivity contribution < 1.29 is 28.6 Å². The highest BCUT2D eigenvalue weighted by Gasteiger charge is 2.23. The van der Waals surface area contributed by atoms with Gasteiger partial charge >= 0.3 is 0 Å². The normalized spacial score (nSPS) is 13.8. The van der Waals surface area contributed by atoms with Crippen molar-refractivity contribution in [2.24, 2.45) is 7.05 Å². The van der Waals surface area contributed by atoms with Gasteiger partial charge in [0.05, 0.1) is 24.5 Å². The zero-order valence-corrected chi connectivity index (χ0v) is 26.6. The van der Waals surface area contributed by atoms with Gasteiger partial charge in [-0.1, -0.05) is 18.7 Å². The Balaban J connectivity index is 1.27. The number of amides is 3. The highest BCUT2D eigenvalue weighted by Crippen LogP contribution is 2.33. The van der Waals surface area contributed by atoms with Crippen molar-refractivity contribution in [3.05, 3.63) is 107 Å². The zero-order valence-electron chi connectivity index (χ0n) is 26.6. The number of pyridine rings is 1. The van der Waals surface area contributed by atoms with E-state index in [2.05, 4.69) is 22.5 Å². The van der Waals surface area contributed by atoms with E-state index in [1.54, 1.807) is 60.6 Å². The molecule has 0 radical (unpaired) electrons. The van der Waals surface area contributed by atoms with Gasteiger partial charge in [0.15, 0.2) is 11.5 Å². The topological polar surface area (TPSA) is 140 Å². The third kappa shape index (κ3) is 6.79. The molecule has 12 heteroatoms. The smallest absolute Gasteiger partial charge is 0.274 e. The monoisotopic (exact) mass is 649 g/mol. The van der Waals surface area contributed by atoms with E-state index in [-0.39, 0.29) is 28.7 Å². The maximum Gasteiger partial charge on any atom is 0.274 e. The number of hydrogen-bond donors (Lipinski definition) is 3. The minimum atomic E-state index is -0.475. The van der Waals surface area contributed by atoms with E-state index < -0.39 is 5.91 Å². The van der Waals surface area contributed by atoms with Crippen molar-refractivity contribution in [1.82, 2.24) is 9.47 Å². The number of nitrogens with one attached hydrogen (secondary N) is 3. The van der Waals surface area contributed by atoms with Crippen LogP contribution in [-0.4, -0.2) is 66.7 Å². The molecule has 0 atom stereocenters. The fourth-order valence-electron chi connectivity index (χ4n) is 5.60. The Bertz CT molecular complexity index is 1980. The number of ether oxygens (including phenoxy) is 3. The Morgan fingerprint density at radius 3 is 2.40 bits per heavy atom. The molecule has 3 amide bonds. The highest BCUT2D eigenvalue weighted by molar-refractivity contribution is 6.07. The lowest BCUT2D eigenvalue weighted by Gasteiger charge is -2.27. The lowest BCUT2D eigenvalue weighted by Crippen LogP contribution is -2.41. The second-order valence-corrected chi connectivity index (χ2v) is 11.3. The van der Waals surface area contributed by atoms with Crippen molar-refractivity contribution in [2.75, 3.05) is 55.5 Å². The van der Waals surface area contributed by atoms with Gasteiger partial charge in [0.1, 0.15) is 18.9 Å². The Kier molecular flexibility index (Phi) is 9.26. The molecule has 0 bridgehead atoms. The molecule has 4 aromatic rings. The highest BCUT2D eigenvalue weighted by atomic mass is 16.6. The second-order valence-electron chi connectivity index (χ2n) is 11.3. The van der Waals surface area contributed by atoms with Gasteiger partial charge in [0, 0.05) is 48.8 Å². The molecule has 3 heterocycles.